The van der Waals surface area contributed by atoms with E-state index in [0.717, 1.165) is 29.5 Å². The molecule has 3 aliphatic heterocycles. The van der Waals surface area contributed by atoms with E-state index < -0.39 is 12.0 Å². The number of anilines is 1. The van der Waals surface area contributed by atoms with Gasteiger partial charge in [-0.15, -0.1) is 0 Å². The molecule has 3 heterocycles. The molecule has 2 amide bonds. The smallest absolute Gasteiger partial charge is 0.253 e. The highest BCUT2D eigenvalue weighted by atomic mass is 79.9. The minimum absolute atomic E-state index is 0.138. The van der Waals surface area contributed by atoms with E-state index >= 15 is 0 Å². The van der Waals surface area contributed by atoms with Crippen LogP contribution < -0.4 is 4.90 Å². The molecule has 7 heteroatoms. The van der Waals surface area contributed by atoms with E-state index in [1.54, 1.807) is 24.3 Å². The monoisotopic (exact) mass is 436 g/mol. The van der Waals surface area contributed by atoms with Crippen LogP contribution in [-0.2, 0) is 9.59 Å². The van der Waals surface area contributed by atoms with E-state index in [4.69, 9.17) is 5.26 Å². The summed E-state index contributed by atoms with van der Waals surface area (Å²) in [6.45, 7) is 1.64. The van der Waals surface area contributed by atoms with Crippen LogP contribution >= 0.6 is 15.9 Å². The van der Waals surface area contributed by atoms with E-state index in [1.165, 1.54) is 4.90 Å². The molecule has 140 valence electrons. The van der Waals surface area contributed by atoms with Gasteiger partial charge in [0.15, 0.2) is 0 Å². The van der Waals surface area contributed by atoms with Crippen molar-refractivity contribution in [2.75, 3.05) is 18.0 Å². The summed E-state index contributed by atoms with van der Waals surface area (Å²) in [5.41, 5.74) is 2.08. The molecule has 3 saturated heterocycles. The molecule has 3 atom stereocenters. The van der Waals surface area contributed by atoms with Crippen molar-refractivity contribution in [3.63, 3.8) is 0 Å². The Hall–Kier alpha value is -2.53. The lowest BCUT2D eigenvalue weighted by Crippen LogP contribution is -2.44. The topological polar surface area (TPSA) is 67.7 Å². The number of halogens is 1. The number of fused-ring (bicyclic) bond motifs is 3. The maximum atomic E-state index is 13.4. The fourth-order valence-electron chi connectivity index (χ4n) is 4.71. The molecule has 2 aromatic carbocycles. The molecule has 0 saturated carbocycles. The summed E-state index contributed by atoms with van der Waals surface area (Å²) in [7, 11) is 0. The molecule has 0 aliphatic carbocycles. The standard InChI is InChI=1S/C21H17BrN4O2/c22-15-6-4-14(5-7-15)18-17-19(25-11-1-10-24(18)25)21(28)26(20(17)27)16-8-2-13(12-23)3-9-16/h2-9,17-19H,1,10-11H2/t17-,18+,19+/m0/s1. The highest BCUT2D eigenvalue weighted by Gasteiger charge is 2.62. The van der Waals surface area contributed by atoms with Gasteiger partial charge in [-0.1, -0.05) is 28.1 Å². The summed E-state index contributed by atoms with van der Waals surface area (Å²) in [5.74, 6) is -0.766. The van der Waals surface area contributed by atoms with Gasteiger partial charge in [0.25, 0.3) is 5.91 Å². The van der Waals surface area contributed by atoms with Gasteiger partial charge < -0.3 is 0 Å². The highest BCUT2D eigenvalue weighted by Crippen LogP contribution is 2.48. The molecule has 0 radical (unpaired) electrons. The van der Waals surface area contributed by atoms with E-state index in [9.17, 15) is 9.59 Å². The van der Waals surface area contributed by atoms with Crippen LogP contribution in [0, 0.1) is 17.2 Å². The number of nitriles is 1. The number of rotatable bonds is 2. The van der Waals surface area contributed by atoms with Gasteiger partial charge in [0.1, 0.15) is 6.04 Å². The van der Waals surface area contributed by atoms with E-state index in [1.807, 2.05) is 24.3 Å². The number of amides is 2. The number of carbonyl (C=O) groups excluding carboxylic acids is 2. The minimum atomic E-state index is -0.459. The second-order valence-electron chi connectivity index (χ2n) is 7.32. The Balaban J connectivity index is 1.56. The van der Waals surface area contributed by atoms with Crippen LogP contribution in [0.2, 0.25) is 0 Å². The van der Waals surface area contributed by atoms with E-state index in [2.05, 4.69) is 32.0 Å². The molecule has 0 bridgehead atoms. The molecular formula is C21H17BrN4O2. The Morgan fingerprint density at radius 1 is 0.893 bits per heavy atom. The van der Waals surface area contributed by atoms with Crippen LogP contribution in [0.4, 0.5) is 5.69 Å². The Morgan fingerprint density at radius 3 is 2.18 bits per heavy atom. The quantitative estimate of drug-likeness (QED) is 0.677. The van der Waals surface area contributed by atoms with Crippen molar-refractivity contribution in [1.29, 1.82) is 5.26 Å². The van der Waals surface area contributed by atoms with Gasteiger partial charge in [-0.05, 0) is 48.4 Å². The predicted molar refractivity (Wildman–Crippen MR) is 106 cm³/mol. The summed E-state index contributed by atoms with van der Waals surface area (Å²) in [6.07, 6.45) is 0.981. The van der Waals surface area contributed by atoms with Crippen molar-refractivity contribution in [2.24, 2.45) is 5.92 Å². The van der Waals surface area contributed by atoms with Crippen molar-refractivity contribution >= 4 is 33.4 Å². The van der Waals surface area contributed by atoms with Crippen LogP contribution in [0.5, 0.6) is 0 Å². The average molecular weight is 437 g/mol. The summed E-state index contributed by atoms with van der Waals surface area (Å²) in [4.78, 5) is 28.0. The molecule has 5 rings (SSSR count). The Labute approximate surface area is 171 Å². The van der Waals surface area contributed by atoms with Crippen molar-refractivity contribution < 1.29 is 9.59 Å². The number of hydrogen-bond donors (Lipinski definition) is 0. The highest BCUT2D eigenvalue weighted by molar-refractivity contribution is 9.10. The van der Waals surface area contributed by atoms with Crippen LogP contribution in [0.1, 0.15) is 23.6 Å². The average Bonchev–Trinajstić information content (AvgIpc) is 3.35. The summed E-state index contributed by atoms with van der Waals surface area (Å²) < 4.78 is 0.983. The van der Waals surface area contributed by atoms with Crippen molar-refractivity contribution in [3.8, 4) is 6.07 Å². The van der Waals surface area contributed by atoms with Gasteiger partial charge in [-0.3, -0.25) is 9.59 Å². The van der Waals surface area contributed by atoms with Crippen LogP contribution in [-0.4, -0.2) is 41.0 Å². The molecule has 3 fully saturated rings. The third kappa shape index (κ3) is 2.46. The van der Waals surface area contributed by atoms with Crippen molar-refractivity contribution in [3.05, 3.63) is 64.1 Å². The Kier molecular flexibility index (Phi) is 4.09. The van der Waals surface area contributed by atoms with Crippen LogP contribution in [0.3, 0.4) is 0 Å². The summed E-state index contributed by atoms with van der Waals surface area (Å²) in [5, 5.41) is 13.3. The molecule has 0 unspecified atom stereocenters. The molecule has 0 spiro atoms. The first kappa shape index (κ1) is 17.6. The van der Waals surface area contributed by atoms with Gasteiger partial charge >= 0.3 is 0 Å². The van der Waals surface area contributed by atoms with Crippen LogP contribution in [0.25, 0.3) is 0 Å². The van der Waals surface area contributed by atoms with Gasteiger partial charge in [0, 0.05) is 17.6 Å². The summed E-state index contributed by atoms with van der Waals surface area (Å²) >= 11 is 3.46. The predicted octanol–water partition coefficient (Wildman–Crippen LogP) is 2.86. The Morgan fingerprint density at radius 2 is 1.54 bits per heavy atom. The van der Waals surface area contributed by atoms with Crippen LogP contribution in [0.15, 0.2) is 53.0 Å². The minimum Gasteiger partial charge on any atom is -0.274 e. The number of nitrogens with zero attached hydrogens (tertiary/aromatic N) is 4. The fraction of sp³-hybridized carbons (Fsp3) is 0.286. The molecule has 2 aromatic rings. The van der Waals surface area contributed by atoms with E-state index in [-0.39, 0.29) is 17.9 Å². The molecule has 6 nitrogen and oxygen atoms in total. The lowest BCUT2D eigenvalue weighted by atomic mass is 9.90. The zero-order valence-electron chi connectivity index (χ0n) is 15.0. The first-order valence-electron chi connectivity index (χ1n) is 9.27. The normalized spacial score (nSPS) is 27.1. The third-order valence-electron chi connectivity index (χ3n) is 5.87. The van der Waals surface area contributed by atoms with Gasteiger partial charge in [-0.2, -0.15) is 5.26 Å². The summed E-state index contributed by atoms with van der Waals surface area (Å²) in [6, 6.07) is 16.1. The SMILES string of the molecule is N#Cc1ccc(N2C(=O)[C@H]3[C@@H](c4ccc(Br)cc4)N4CCCN4[C@H]3C2=O)cc1. The number of carbonyl (C=O) groups is 2. The fourth-order valence-corrected chi connectivity index (χ4v) is 4.98. The molecule has 0 aromatic heterocycles. The molecule has 3 aliphatic rings. The maximum Gasteiger partial charge on any atom is 0.253 e. The first-order valence-corrected chi connectivity index (χ1v) is 10.1. The number of benzene rings is 2. The Bertz CT molecular complexity index is 999. The second kappa shape index (κ2) is 6.52. The van der Waals surface area contributed by atoms with Crippen molar-refractivity contribution in [2.45, 2.75) is 18.5 Å². The third-order valence-corrected chi connectivity index (χ3v) is 6.40. The lowest BCUT2D eigenvalue weighted by molar-refractivity contribution is -0.126. The van der Waals surface area contributed by atoms with E-state index in [0.29, 0.717) is 11.3 Å². The number of hydrogen-bond acceptors (Lipinski definition) is 5. The molecule has 0 N–H and O–H groups in total. The largest absolute Gasteiger partial charge is 0.274 e. The first-order chi connectivity index (χ1) is 13.6. The molecule has 28 heavy (non-hydrogen) atoms. The second-order valence-corrected chi connectivity index (χ2v) is 8.23. The molecular weight excluding hydrogens is 420 g/mol. The van der Waals surface area contributed by atoms with Gasteiger partial charge in [-0.25, -0.2) is 14.9 Å². The van der Waals surface area contributed by atoms with Gasteiger partial charge in [0.05, 0.1) is 29.3 Å². The van der Waals surface area contributed by atoms with Gasteiger partial charge in [0.2, 0.25) is 5.91 Å². The zero-order valence-corrected chi connectivity index (χ0v) is 16.5. The zero-order chi connectivity index (χ0) is 19.4. The van der Waals surface area contributed by atoms with Crippen molar-refractivity contribution in [1.82, 2.24) is 10.0 Å². The lowest BCUT2D eigenvalue weighted by Gasteiger charge is -2.29. The number of hydrazine groups is 1. The number of imide groups is 1. The maximum absolute atomic E-state index is 13.4.